The molecule has 1 heterocycles. The molecule has 1 unspecified atom stereocenters. The molecule has 0 spiro atoms. The van der Waals surface area contributed by atoms with Crippen molar-refractivity contribution in [2.75, 3.05) is 6.54 Å². The summed E-state index contributed by atoms with van der Waals surface area (Å²) in [6.45, 7) is 7.11. The first-order valence-electron chi connectivity index (χ1n) is 6.96. The number of rotatable bonds is 6. The van der Waals surface area contributed by atoms with Crippen LogP contribution in [0.15, 0.2) is 37.9 Å². The average molecular weight is 433 g/mol. The molecule has 2 aromatic rings. The van der Waals surface area contributed by atoms with E-state index in [1.807, 2.05) is 12.1 Å². The lowest BCUT2D eigenvalue weighted by molar-refractivity contribution is 0.238. The molecule has 0 fully saturated rings. The second-order valence-electron chi connectivity index (χ2n) is 4.97. The SMILES string of the molecule is CCNC(c1ccccc1OC(C)C)c1cc(Br)sc1Br. The first-order valence-corrected chi connectivity index (χ1v) is 9.36. The van der Waals surface area contributed by atoms with Crippen LogP contribution in [-0.2, 0) is 0 Å². The number of hydrogen-bond acceptors (Lipinski definition) is 3. The van der Waals surface area contributed by atoms with E-state index in [9.17, 15) is 0 Å². The predicted molar refractivity (Wildman–Crippen MR) is 97.4 cm³/mol. The van der Waals surface area contributed by atoms with E-state index < -0.39 is 0 Å². The van der Waals surface area contributed by atoms with Gasteiger partial charge in [0.15, 0.2) is 0 Å². The highest BCUT2D eigenvalue weighted by molar-refractivity contribution is 9.12. The topological polar surface area (TPSA) is 21.3 Å². The molecule has 1 atom stereocenters. The van der Waals surface area contributed by atoms with Gasteiger partial charge < -0.3 is 10.1 Å². The lowest BCUT2D eigenvalue weighted by atomic mass is 10.00. The van der Waals surface area contributed by atoms with E-state index in [0.717, 1.165) is 19.9 Å². The molecule has 0 saturated heterocycles. The summed E-state index contributed by atoms with van der Waals surface area (Å²) in [4.78, 5) is 0. The molecule has 2 rings (SSSR count). The fourth-order valence-electron chi connectivity index (χ4n) is 2.22. The summed E-state index contributed by atoms with van der Waals surface area (Å²) in [5, 5.41) is 3.56. The summed E-state index contributed by atoms with van der Waals surface area (Å²) in [6, 6.07) is 10.5. The van der Waals surface area contributed by atoms with Crippen LogP contribution in [0.2, 0.25) is 0 Å². The molecule has 0 bridgehead atoms. The van der Waals surface area contributed by atoms with E-state index in [-0.39, 0.29) is 12.1 Å². The molecular weight excluding hydrogens is 414 g/mol. The molecule has 21 heavy (non-hydrogen) atoms. The number of benzene rings is 1. The van der Waals surface area contributed by atoms with Crippen molar-refractivity contribution in [1.29, 1.82) is 0 Å². The maximum absolute atomic E-state index is 5.98. The van der Waals surface area contributed by atoms with Gasteiger partial charge in [-0.1, -0.05) is 25.1 Å². The zero-order valence-corrected chi connectivity index (χ0v) is 16.3. The molecule has 0 aliphatic heterocycles. The zero-order chi connectivity index (χ0) is 15.4. The van der Waals surface area contributed by atoms with E-state index in [1.165, 1.54) is 11.1 Å². The van der Waals surface area contributed by atoms with Crippen LogP contribution >= 0.6 is 43.2 Å². The first kappa shape index (κ1) is 17.0. The predicted octanol–water partition coefficient (Wildman–Crippen LogP) is 5.76. The number of para-hydroxylation sites is 1. The molecular formula is C16H19Br2NOS. The van der Waals surface area contributed by atoms with Crippen molar-refractivity contribution >= 4 is 43.2 Å². The van der Waals surface area contributed by atoms with Gasteiger partial charge in [0.25, 0.3) is 0 Å². The van der Waals surface area contributed by atoms with Gasteiger partial charge in [-0.15, -0.1) is 11.3 Å². The van der Waals surface area contributed by atoms with Crippen molar-refractivity contribution < 1.29 is 4.74 Å². The van der Waals surface area contributed by atoms with Gasteiger partial charge in [0.1, 0.15) is 5.75 Å². The smallest absolute Gasteiger partial charge is 0.124 e. The summed E-state index contributed by atoms with van der Waals surface area (Å²) >= 11 is 8.92. The van der Waals surface area contributed by atoms with Gasteiger partial charge in [-0.3, -0.25) is 0 Å². The maximum atomic E-state index is 5.98. The van der Waals surface area contributed by atoms with Crippen molar-refractivity contribution in [1.82, 2.24) is 5.32 Å². The van der Waals surface area contributed by atoms with E-state index >= 15 is 0 Å². The molecule has 0 amide bonds. The van der Waals surface area contributed by atoms with E-state index in [1.54, 1.807) is 11.3 Å². The Bertz CT molecular complexity index is 598. The second-order valence-corrected chi connectivity index (χ2v) is 8.72. The molecule has 0 radical (unpaired) electrons. The third-order valence-corrected chi connectivity index (χ3v) is 5.38. The largest absolute Gasteiger partial charge is 0.491 e. The summed E-state index contributed by atoms with van der Waals surface area (Å²) in [7, 11) is 0. The molecule has 0 aliphatic rings. The standard InChI is InChI=1S/C16H19Br2NOS/c1-4-19-15(12-9-14(17)21-16(12)18)11-7-5-6-8-13(11)20-10(2)3/h5-10,15,19H,4H2,1-3H3. The average Bonchev–Trinajstić information content (AvgIpc) is 2.75. The van der Waals surface area contributed by atoms with Crippen LogP contribution in [0.4, 0.5) is 0 Å². The number of thiophene rings is 1. The second kappa shape index (κ2) is 7.77. The van der Waals surface area contributed by atoms with Gasteiger partial charge >= 0.3 is 0 Å². The van der Waals surface area contributed by atoms with Crippen LogP contribution < -0.4 is 10.1 Å². The Kier molecular flexibility index (Phi) is 6.29. The van der Waals surface area contributed by atoms with Crippen molar-refractivity contribution in [2.24, 2.45) is 0 Å². The van der Waals surface area contributed by atoms with Gasteiger partial charge in [0, 0.05) is 5.56 Å². The fourth-order valence-corrected chi connectivity index (χ4v) is 5.12. The number of halogens is 2. The van der Waals surface area contributed by atoms with Crippen LogP contribution in [-0.4, -0.2) is 12.6 Å². The Labute approximate surface area is 147 Å². The lowest BCUT2D eigenvalue weighted by Gasteiger charge is -2.22. The van der Waals surface area contributed by atoms with Crippen LogP contribution in [0, 0.1) is 0 Å². The summed E-state index contributed by atoms with van der Waals surface area (Å²) in [5.41, 5.74) is 2.40. The summed E-state index contributed by atoms with van der Waals surface area (Å²) in [5.74, 6) is 0.938. The van der Waals surface area contributed by atoms with Crippen LogP contribution in [0.5, 0.6) is 5.75 Å². The summed E-state index contributed by atoms with van der Waals surface area (Å²) in [6.07, 6.45) is 0.158. The first-order chi connectivity index (χ1) is 10.0. The van der Waals surface area contributed by atoms with Crippen molar-refractivity contribution in [3.63, 3.8) is 0 Å². The highest BCUT2D eigenvalue weighted by Crippen LogP contribution is 2.40. The Morgan fingerprint density at radius 1 is 1.19 bits per heavy atom. The Balaban J connectivity index is 2.45. The molecule has 1 aromatic carbocycles. The number of ether oxygens (including phenoxy) is 1. The Morgan fingerprint density at radius 2 is 1.90 bits per heavy atom. The van der Waals surface area contributed by atoms with Crippen LogP contribution in [0.3, 0.4) is 0 Å². The molecule has 1 aromatic heterocycles. The monoisotopic (exact) mass is 431 g/mol. The summed E-state index contributed by atoms with van der Waals surface area (Å²) < 4.78 is 8.24. The fraction of sp³-hybridized carbons (Fsp3) is 0.375. The van der Waals surface area contributed by atoms with Gasteiger partial charge in [-0.25, -0.2) is 0 Å². The highest BCUT2D eigenvalue weighted by Gasteiger charge is 2.21. The minimum Gasteiger partial charge on any atom is -0.491 e. The molecule has 114 valence electrons. The Hall–Kier alpha value is -0.360. The minimum atomic E-state index is 0.113. The Morgan fingerprint density at radius 3 is 2.48 bits per heavy atom. The quantitative estimate of drug-likeness (QED) is 0.626. The number of hydrogen-bond donors (Lipinski definition) is 1. The highest BCUT2D eigenvalue weighted by atomic mass is 79.9. The molecule has 2 nitrogen and oxygen atoms in total. The van der Waals surface area contributed by atoms with Crippen molar-refractivity contribution in [3.8, 4) is 5.75 Å². The van der Waals surface area contributed by atoms with E-state index in [4.69, 9.17) is 4.74 Å². The van der Waals surface area contributed by atoms with Gasteiger partial charge in [-0.05, 0) is 69.9 Å². The van der Waals surface area contributed by atoms with E-state index in [2.05, 4.69) is 76.1 Å². The molecule has 0 saturated carbocycles. The minimum absolute atomic E-state index is 0.113. The van der Waals surface area contributed by atoms with Crippen molar-refractivity contribution in [3.05, 3.63) is 49.0 Å². The third kappa shape index (κ3) is 4.31. The van der Waals surface area contributed by atoms with Crippen LogP contribution in [0.1, 0.15) is 37.9 Å². The maximum Gasteiger partial charge on any atom is 0.124 e. The van der Waals surface area contributed by atoms with Gasteiger partial charge in [0.2, 0.25) is 0 Å². The van der Waals surface area contributed by atoms with Gasteiger partial charge in [-0.2, -0.15) is 0 Å². The lowest BCUT2D eigenvalue weighted by Crippen LogP contribution is -2.23. The number of nitrogens with one attached hydrogen (secondary N) is 1. The molecule has 0 aliphatic carbocycles. The van der Waals surface area contributed by atoms with Crippen molar-refractivity contribution in [2.45, 2.75) is 32.9 Å². The van der Waals surface area contributed by atoms with Crippen LogP contribution in [0.25, 0.3) is 0 Å². The molecule has 1 N–H and O–H groups in total. The van der Waals surface area contributed by atoms with Gasteiger partial charge in [0.05, 0.1) is 19.7 Å². The normalized spacial score (nSPS) is 12.7. The third-order valence-electron chi connectivity index (χ3n) is 2.99. The molecule has 5 heteroatoms. The van der Waals surface area contributed by atoms with E-state index in [0.29, 0.717) is 0 Å². The zero-order valence-electron chi connectivity index (χ0n) is 12.3.